The Morgan fingerprint density at radius 2 is 1.88 bits per heavy atom. The van der Waals surface area contributed by atoms with Gasteiger partial charge in [0.1, 0.15) is 11.0 Å². The number of carbonyl (C=O) groups is 2. The molecule has 98 valence electrons. The van der Waals surface area contributed by atoms with Gasteiger partial charge in [0.15, 0.2) is 0 Å². The van der Waals surface area contributed by atoms with Crippen molar-refractivity contribution >= 4 is 22.7 Å². The first kappa shape index (κ1) is 14.2. The van der Waals surface area contributed by atoms with Crippen LogP contribution in [0.15, 0.2) is 0 Å². The monoisotopic (exact) mass is 261 g/mol. The Morgan fingerprint density at radius 1 is 1.29 bits per heavy atom. The molecule has 1 aliphatic rings. The third-order valence-corrected chi connectivity index (χ3v) is 4.64. The van der Waals surface area contributed by atoms with Gasteiger partial charge in [0.25, 0.3) is 0 Å². The van der Waals surface area contributed by atoms with Crippen molar-refractivity contribution in [2.75, 3.05) is 18.8 Å². The van der Waals surface area contributed by atoms with Crippen molar-refractivity contribution in [3.8, 4) is 0 Å². The van der Waals surface area contributed by atoms with E-state index < -0.39 is 22.0 Å². The van der Waals surface area contributed by atoms with E-state index in [1.807, 2.05) is 0 Å². The number of carboxylic acids is 1. The van der Waals surface area contributed by atoms with Gasteiger partial charge >= 0.3 is 5.97 Å². The summed E-state index contributed by atoms with van der Waals surface area (Å²) in [6.45, 7) is 3.09. The van der Waals surface area contributed by atoms with E-state index in [1.165, 1.54) is 0 Å². The van der Waals surface area contributed by atoms with E-state index in [4.69, 9.17) is 5.11 Å². The molecule has 0 aliphatic carbocycles. The molecule has 0 aromatic heterocycles. The lowest BCUT2D eigenvalue weighted by molar-refractivity contribution is -0.136. The van der Waals surface area contributed by atoms with Crippen LogP contribution in [0.2, 0.25) is 0 Å². The molecule has 0 saturated carbocycles. The van der Waals surface area contributed by atoms with Gasteiger partial charge in [-0.15, -0.1) is 0 Å². The molecule has 1 fully saturated rings. The quantitative estimate of drug-likeness (QED) is 0.787. The molecule has 0 bridgehead atoms. The Kier molecular flexibility index (Phi) is 5.61. The van der Waals surface area contributed by atoms with E-state index in [-0.39, 0.29) is 18.1 Å². The normalized spacial score (nSPS) is 19.7. The van der Waals surface area contributed by atoms with Gasteiger partial charge in [0.05, 0.1) is 0 Å². The van der Waals surface area contributed by atoms with Crippen LogP contribution in [0.25, 0.3) is 0 Å². The SMILES string of the molecule is CCC(C(=O)O)S(=O)CC(=O)N1CCCCC1. The molecule has 1 aliphatic heterocycles. The minimum Gasteiger partial charge on any atom is -0.480 e. The first-order valence-electron chi connectivity index (χ1n) is 5.94. The minimum absolute atomic E-state index is 0.162. The standard InChI is InChI=1S/C11H19NO4S/c1-2-9(11(14)15)17(16)8-10(13)12-6-4-3-5-7-12/h9H,2-8H2,1H3,(H,14,15). The van der Waals surface area contributed by atoms with Crippen molar-refractivity contribution in [3.63, 3.8) is 0 Å². The molecular weight excluding hydrogens is 242 g/mol. The number of nitrogens with zero attached hydrogens (tertiary/aromatic N) is 1. The number of likely N-dealkylation sites (tertiary alicyclic amines) is 1. The van der Waals surface area contributed by atoms with Crippen molar-refractivity contribution in [1.82, 2.24) is 4.90 Å². The fourth-order valence-electron chi connectivity index (χ4n) is 1.93. The predicted molar refractivity (Wildman–Crippen MR) is 65.2 cm³/mol. The van der Waals surface area contributed by atoms with Gasteiger partial charge in [-0.25, -0.2) is 0 Å². The van der Waals surface area contributed by atoms with Crippen LogP contribution in [0, 0.1) is 0 Å². The minimum atomic E-state index is -1.61. The van der Waals surface area contributed by atoms with Gasteiger partial charge in [-0.05, 0) is 25.7 Å². The summed E-state index contributed by atoms with van der Waals surface area (Å²) in [7, 11) is -1.61. The van der Waals surface area contributed by atoms with Crippen LogP contribution in [-0.4, -0.2) is 50.2 Å². The van der Waals surface area contributed by atoms with Crippen molar-refractivity contribution in [1.29, 1.82) is 0 Å². The van der Waals surface area contributed by atoms with E-state index in [2.05, 4.69) is 0 Å². The first-order valence-corrected chi connectivity index (χ1v) is 7.32. The van der Waals surface area contributed by atoms with E-state index >= 15 is 0 Å². The summed E-state index contributed by atoms with van der Waals surface area (Å²) < 4.78 is 11.8. The van der Waals surface area contributed by atoms with Gasteiger partial charge in [-0.3, -0.25) is 13.8 Å². The molecule has 5 nitrogen and oxygen atoms in total. The Hall–Kier alpha value is -0.910. The highest BCUT2D eigenvalue weighted by Gasteiger charge is 2.26. The van der Waals surface area contributed by atoms with Gasteiger partial charge in [0.2, 0.25) is 5.91 Å². The fourth-order valence-corrected chi connectivity index (χ4v) is 3.15. The second kappa shape index (κ2) is 6.74. The Balaban J connectivity index is 2.49. The number of rotatable bonds is 5. The maximum absolute atomic E-state index is 11.8. The van der Waals surface area contributed by atoms with Crippen molar-refractivity contribution in [3.05, 3.63) is 0 Å². The zero-order chi connectivity index (χ0) is 12.8. The summed E-state index contributed by atoms with van der Waals surface area (Å²) in [6.07, 6.45) is 3.37. The second-order valence-electron chi connectivity index (χ2n) is 4.20. The molecule has 0 aromatic carbocycles. The number of amides is 1. The average molecular weight is 261 g/mol. The summed E-state index contributed by atoms with van der Waals surface area (Å²) in [5.41, 5.74) is 0. The number of carbonyl (C=O) groups excluding carboxylic acids is 1. The number of piperidine rings is 1. The highest BCUT2D eigenvalue weighted by Crippen LogP contribution is 2.10. The summed E-state index contributed by atoms with van der Waals surface area (Å²) in [4.78, 5) is 24.3. The number of aliphatic carboxylic acids is 1. The Labute approximate surface area is 104 Å². The summed E-state index contributed by atoms with van der Waals surface area (Å²) >= 11 is 0. The largest absolute Gasteiger partial charge is 0.480 e. The fraction of sp³-hybridized carbons (Fsp3) is 0.818. The van der Waals surface area contributed by atoms with Crippen LogP contribution in [0.4, 0.5) is 0 Å². The van der Waals surface area contributed by atoms with Gasteiger partial charge in [-0.1, -0.05) is 6.92 Å². The molecule has 1 saturated heterocycles. The van der Waals surface area contributed by atoms with Crippen LogP contribution < -0.4 is 0 Å². The molecule has 1 amide bonds. The lowest BCUT2D eigenvalue weighted by Gasteiger charge is -2.26. The maximum Gasteiger partial charge on any atom is 0.319 e. The molecule has 2 unspecified atom stereocenters. The van der Waals surface area contributed by atoms with Crippen LogP contribution in [-0.2, 0) is 20.4 Å². The number of hydrogen-bond donors (Lipinski definition) is 1. The van der Waals surface area contributed by atoms with E-state index in [1.54, 1.807) is 11.8 Å². The third kappa shape index (κ3) is 4.11. The van der Waals surface area contributed by atoms with Gasteiger partial charge < -0.3 is 10.0 Å². The Bertz CT molecular complexity index is 313. The molecule has 17 heavy (non-hydrogen) atoms. The van der Waals surface area contributed by atoms with Crippen LogP contribution >= 0.6 is 0 Å². The maximum atomic E-state index is 11.8. The molecule has 0 spiro atoms. The van der Waals surface area contributed by atoms with E-state index in [0.29, 0.717) is 13.1 Å². The van der Waals surface area contributed by atoms with Crippen molar-refractivity contribution in [2.24, 2.45) is 0 Å². The molecule has 6 heteroatoms. The average Bonchev–Trinajstić information content (AvgIpc) is 2.30. The van der Waals surface area contributed by atoms with Gasteiger partial charge in [0, 0.05) is 23.9 Å². The van der Waals surface area contributed by atoms with Crippen LogP contribution in [0.5, 0.6) is 0 Å². The number of carboxylic acid groups (broad SMARTS) is 1. The zero-order valence-corrected chi connectivity index (χ0v) is 10.9. The van der Waals surface area contributed by atoms with Gasteiger partial charge in [-0.2, -0.15) is 0 Å². The second-order valence-corrected chi connectivity index (χ2v) is 5.82. The lowest BCUT2D eigenvalue weighted by atomic mass is 10.1. The first-order chi connectivity index (χ1) is 8.06. The third-order valence-electron chi connectivity index (χ3n) is 2.94. The van der Waals surface area contributed by atoms with E-state index in [0.717, 1.165) is 19.3 Å². The van der Waals surface area contributed by atoms with Crippen molar-refractivity contribution in [2.45, 2.75) is 37.9 Å². The molecule has 1 N–H and O–H groups in total. The summed E-state index contributed by atoms with van der Waals surface area (Å²) in [5, 5.41) is 7.92. The van der Waals surface area contributed by atoms with Crippen LogP contribution in [0.1, 0.15) is 32.6 Å². The molecule has 0 aromatic rings. The Morgan fingerprint density at radius 3 is 2.35 bits per heavy atom. The topological polar surface area (TPSA) is 74.7 Å². The number of hydrogen-bond acceptors (Lipinski definition) is 3. The zero-order valence-electron chi connectivity index (χ0n) is 10.1. The smallest absolute Gasteiger partial charge is 0.319 e. The summed E-state index contributed by atoms with van der Waals surface area (Å²) in [6, 6.07) is 0. The summed E-state index contributed by atoms with van der Waals surface area (Å²) in [5.74, 6) is -1.43. The molecule has 1 heterocycles. The predicted octanol–water partition coefficient (Wildman–Crippen LogP) is 0.611. The highest BCUT2D eigenvalue weighted by atomic mass is 32.2. The molecular formula is C11H19NO4S. The van der Waals surface area contributed by atoms with E-state index in [9.17, 15) is 13.8 Å². The molecule has 0 radical (unpaired) electrons. The lowest BCUT2D eigenvalue weighted by Crippen LogP contribution is -2.40. The van der Waals surface area contributed by atoms with Crippen molar-refractivity contribution < 1.29 is 18.9 Å². The molecule has 2 atom stereocenters. The molecule has 1 rings (SSSR count). The highest BCUT2D eigenvalue weighted by molar-refractivity contribution is 7.87. The van der Waals surface area contributed by atoms with Crippen LogP contribution in [0.3, 0.4) is 0 Å².